The van der Waals surface area contributed by atoms with Crippen LogP contribution >= 0.6 is 11.6 Å². The first-order valence-electron chi connectivity index (χ1n) is 4.30. The number of benzene rings is 1. The monoisotopic (exact) mass is 226 g/mol. The van der Waals surface area contributed by atoms with Gasteiger partial charge < -0.3 is 9.84 Å². The highest BCUT2D eigenvalue weighted by Crippen LogP contribution is 2.23. The lowest BCUT2D eigenvalue weighted by Crippen LogP contribution is -1.97. The summed E-state index contributed by atoms with van der Waals surface area (Å²) in [4.78, 5) is 10.6. The van der Waals surface area contributed by atoms with Crippen molar-refractivity contribution in [1.82, 2.24) is 0 Å². The van der Waals surface area contributed by atoms with E-state index >= 15 is 0 Å². The minimum absolute atomic E-state index is 0.167. The van der Waals surface area contributed by atoms with Crippen molar-refractivity contribution < 1.29 is 14.6 Å². The fourth-order valence-corrected chi connectivity index (χ4v) is 1.24. The molecule has 80 valence electrons. The minimum Gasteiger partial charge on any atom is -0.497 e. The Hall–Kier alpha value is -1.48. The minimum atomic E-state index is -1.12. The molecule has 0 unspecified atom stereocenters. The fourth-order valence-electron chi connectivity index (χ4n) is 1.13. The number of aliphatic carboxylic acids is 1. The van der Waals surface area contributed by atoms with Crippen LogP contribution in [0.2, 0.25) is 0 Å². The molecule has 0 aromatic heterocycles. The van der Waals surface area contributed by atoms with Gasteiger partial charge in [-0.15, -0.1) is 0 Å². The summed E-state index contributed by atoms with van der Waals surface area (Å²) in [5.41, 5.74) is 1.30. The molecule has 0 aliphatic carbocycles. The third kappa shape index (κ3) is 2.73. The number of carbonyl (C=O) groups is 1. The number of ether oxygens (including phenoxy) is 1. The van der Waals surface area contributed by atoms with Crippen LogP contribution in [0.15, 0.2) is 29.3 Å². The van der Waals surface area contributed by atoms with Gasteiger partial charge in [0.15, 0.2) is 0 Å². The Labute approximate surface area is 92.9 Å². The van der Waals surface area contributed by atoms with Crippen molar-refractivity contribution in [2.75, 3.05) is 7.11 Å². The lowest BCUT2D eigenvalue weighted by Gasteiger charge is -2.04. The van der Waals surface area contributed by atoms with Gasteiger partial charge in [0, 0.05) is 0 Å². The molecule has 3 nitrogen and oxygen atoms in total. The molecule has 0 bridgehead atoms. The molecule has 0 heterocycles. The Morgan fingerprint density at radius 1 is 1.33 bits per heavy atom. The number of halogens is 1. The van der Waals surface area contributed by atoms with Crippen molar-refractivity contribution >= 4 is 23.1 Å². The smallest absolute Gasteiger partial charge is 0.347 e. The first-order valence-corrected chi connectivity index (χ1v) is 4.68. The molecule has 0 aliphatic rings. The average molecular weight is 227 g/mol. The van der Waals surface area contributed by atoms with E-state index in [-0.39, 0.29) is 5.03 Å². The van der Waals surface area contributed by atoms with E-state index < -0.39 is 5.97 Å². The zero-order valence-electron chi connectivity index (χ0n) is 8.45. The van der Waals surface area contributed by atoms with Gasteiger partial charge in [-0.3, -0.25) is 0 Å². The Morgan fingerprint density at radius 2 is 1.87 bits per heavy atom. The average Bonchev–Trinajstić information content (AvgIpc) is 2.27. The number of hydrogen-bond donors (Lipinski definition) is 1. The van der Waals surface area contributed by atoms with Crippen LogP contribution in [0.3, 0.4) is 0 Å². The Balaban J connectivity index is 3.07. The Morgan fingerprint density at radius 3 is 2.27 bits per heavy atom. The zero-order chi connectivity index (χ0) is 11.4. The number of carboxylic acid groups (broad SMARTS) is 1. The number of hydrogen-bond acceptors (Lipinski definition) is 2. The summed E-state index contributed by atoms with van der Waals surface area (Å²) >= 11 is 5.62. The van der Waals surface area contributed by atoms with Crippen LogP contribution in [-0.4, -0.2) is 18.2 Å². The number of methoxy groups -OCH3 is 1. The van der Waals surface area contributed by atoms with Crippen LogP contribution in [0.1, 0.15) is 12.5 Å². The molecular weight excluding hydrogens is 216 g/mol. The van der Waals surface area contributed by atoms with Crippen molar-refractivity contribution in [2.24, 2.45) is 0 Å². The van der Waals surface area contributed by atoms with E-state index in [1.54, 1.807) is 38.3 Å². The summed E-state index contributed by atoms with van der Waals surface area (Å²) in [6.45, 7) is 1.66. The van der Waals surface area contributed by atoms with Crippen molar-refractivity contribution in [2.45, 2.75) is 6.92 Å². The van der Waals surface area contributed by atoms with E-state index in [0.717, 1.165) is 11.3 Å². The third-order valence-electron chi connectivity index (χ3n) is 2.04. The van der Waals surface area contributed by atoms with Crippen LogP contribution in [0, 0.1) is 0 Å². The summed E-state index contributed by atoms with van der Waals surface area (Å²) in [5, 5.41) is 8.53. The summed E-state index contributed by atoms with van der Waals surface area (Å²) in [6, 6.07) is 7.04. The van der Waals surface area contributed by atoms with E-state index in [1.165, 1.54) is 0 Å². The van der Waals surface area contributed by atoms with Gasteiger partial charge in [0.25, 0.3) is 0 Å². The van der Waals surface area contributed by atoms with Gasteiger partial charge in [0.1, 0.15) is 10.8 Å². The maximum absolute atomic E-state index is 10.6. The largest absolute Gasteiger partial charge is 0.497 e. The highest BCUT2D eigenvalue weighted by molar-refractivity contribution is 6.44. The van der Waals surface area contributed by atoms with Crippen LogP contribution < -0.4 is 4.74 Å². The third-order valence-corrected chi connectivity index (χ3v) is 2.49. The van der Waals surface area contributed by atoms with Gasteiger partial charge in [-0.1, -0.05) is 23.7 Å². The lowest BCUT2D eigenvalue weighted by atomic mass is 10.1. The van der Waals surface area contributed by atoms with Crippen LogP contribution in [0.5, 0.6) is 5.75 Å². The van der Waals surface area contributed by atoms with Gasteiger partial charge in [0.05, 0.1) is 7.11 Å². The van der Waals surface area contributed by atoms with E-state index in [4.69, 9.17) is 21.4 Å². The maximum atomic E-state index is 10.6. The molecular formula is C11H11ClO3. The van der Waals surface area contributed by atoms with E-state index in [2.05, 4.69) is 0 Å². The van der Waals surface area contributed by atoms with E-state index in [0.29, 0.717) is 5.57 Å². The summed E-state index contributed by atoms with van der Waals surface area (Å²) < 4.78 is 4.99. The molecule has 15 heavy (non-hydrogen) atoms. The second kappa shape index (κ2) is 4.84. The summed E-state index contributed by atoms with van der Waals surface area (Å²) in [5.74, 6) is -0.400. The van der Waals surface area contributed by atoms with Gasteiger partial charge in [-0.2, -0.15) is 0 Å². The SMILES string of the molecule is COc1ccc(/C(C)=C(\Cl)C(=O)O)cc1. The van der Waals surface area contributed by atoms with E-state index in [1.807, 2.05) is 0 Å². The quantitative estimate of drug-likeness (QED) is 0.807. The van der Waals surface area contributed by atoms with Gasteiger partial charge in [-0.05, 0) is 30.2 Å². The fraction of sp³-hybridized carbons (Fsp3) is 0.182. The second-order valence-corrected chi connectivity index (χ2v) is 3.35. The molecule has 0 radical (unpaired) electrons. The number of rotatable bonds is 3. The summed E-state index contributed by atoms with van der Waals surface area (Å²) in [7, 11) is 1.57. The number of carboxylic acids is 1. The first kappa shape index (κ1) is 11.6. The molecule has 1 N–H and O–H groups in total. The van der Waals surface area contributed by atoms with Crippen LogP contribution in [-0.2, 0) is 4.79 Å². The number of allylic oxidation sites excluding steroid dienone is 1. The topological polar surface area (TPSA) is 46.5 Å². The molecule has 1 aromatic rings. The predicted octanol–water partition coefficient (Wildman–Crippen LogP) is 2.75. The molecule has 0 atom stereocenters. The Bertz CT molecular complexity index is 393. The van der Waals surface area contributed by atoms with Gasteiger partial charge in [-0.25, -0.2) is 4.79 Å². The first-order chi connectivity index (χ1) is 7.06. The molecule has 4 heteroatoms. The molecule has 1 aromatic carbocycles. The van der Waals surface area contributed by atoms with Crippen molar-refractivity contribution in [3.8, 4) is 5.75 Å². The van der Waals surface area contributed by atoms with Crippen LogP contribution in [0.4, 0.5) is 0 Å². The second-order valence-electron chi connectivity index (χ2n) is 2.97. The lowest BCUT2D eigenvalue weighted by molar-refractivity contribution is -0.131. The van der Waals surface area contributed by atoms with Gasteiger partial charge in [0.2, 0.25) is 0 Å². The molecule has 0 amide bonds. The van der Waals surface area contributed by atoms with Crippen LogP contribution in [0.25, 0.3) is 5.57 Å². The van der Waals surface area contributed by atoms with Gasteiger partial charge >= 0.3 is 5.97 Å². The molecule has 1 rings (SSSR count). The highest BCUT2D eigenvalue weighted by Gasteiger charge is 2.09. The van der Waals surface area contributed by atoms with Crippen molar-refractivity contribution in [3.05, 3.63) is 34.9 Å². The maximum Gasteiger partial charge on any atom is 0.347 e. The Kier molecular flexibility index (Phi) is 3.74. The van der Waals surface area contributed by atoms with Crippen molar-refractivity contribution in [3.63, 3.8) is 0 Å². The molecule has 0 fully saturated rings. The molecule has 0 spiro atoms. The predicted molar refractivity (Wildman–Crippen MR) is 59.1 cm³/mol. The summed E-state index contributed by atoms with van der Waals surface area (Å²) in [6.07, 6.45) is 0. The molecule has 0 aliphatic heterocycles. The highest BCUT2D eigenvalue weighted by atomic mass is 35.5. The van der Waals surface area contributed by atoms with E-state index in [9.17, 15) is 4.79 Å². The molecule has 0 saturated carbocycles. The zero-order valence-corrected chi connectivity index (χ0v) is 9.21. The molecule has 0 saturated heterocycles. The van der Waals surface area contributed by atoms with Crippen molar-refractivity contribution in [1.29, 1.82) is 0 Å². The standard InChI is InChI=1S/C11H11ClO3/c1-7(10(12)11(13)14)8-3-5-9(15-2)6-4-8/h3-6H,1-2H3,(H,13,14)/b10-7-. The normalized spacial score (nSPS) is 11.9.